The van der Waals surface area contributed by atoms with E-state index < -0.39 is 0 Å². The summed E-state index contributed by atoms with van der Waals surface area (Å²) in [7, 11) is 3.37. The van der Waals surface area contributed by atoms with Crippen molar-refractivity contribution in [3.63, 3.8) is 0 Å². The van der Waals surface area contributed by atoms with Crippen molar-refractivity contribution >= 4 is 29.2 Å². The van der Waals surface area contributed by atoms with Crippen molar-refractivity contribution in [2.45, 2.75) is 36.4 Å². The number of anilines is 2. The molecule has 0 radical (unpaired) electrons. The van der Waals surface area contributed by atoms with Gasteiger partial charge in [0.05, 0.1) is 19.4 Å². The number of nitrogens with one attached hydrogen (secondary N) is 1. The Morgan fingerprint density at radius 3 is 2.46 bits per heavy atom. The van der Waals surface area contributed by atoms with Crippen molar-refractivity contribution in [2.75, 3.05) is 50.2 Å². The van der Waals surface area contributed by atoms with Gasteiger partial charge in [-0.1, -0.05) is 23.9 Å². The molecule has 2 aliphatic rings. The van der Waals surface area contributed by atoms with Gasteiger partial charge in [0.25, 0.3) is 5.91 Å². The van der Waals surface area contributed by atoms with Crippen LogP contribution >= 0.6 is 11.8 Å². The molecular formula is C28H33N5O3S. The van der Waals surface area contributed by atoms with E-state index in [0.29, 0.717) is 24.0 Å². The van der Waals surface area contributed by atoms with Gasteiger partial charge < -0.3 is 24.6 Å². The molecule has 1 aliphatic carbocycles. The number of rotatable bonds is 10. The Kier molecular flexibility index (Phi) is 8.11. The second kappa shape index (κ2) is 11.8. The number of benzene rings is 2. The zero-order valence-electron chi connectivity index (χ0n) is 21.4. The summed E-state index contributed by atoms with van der Waals surface area (Å²) >= 11 is 1.58. The first kappa shape index (κ1) is 25.4. The summed E-state index contributed by atoms with van der Waals surface area (Å²) < 4.78 is 10.7. The predicted octanol–water partition coefficient (Wildman–Crippen LogP) is 4.14. The van der Waals surface area contributed by atoms with Crippen LogP contribution < -0.4 is 19.9 Å². The molecule has 0 spiro atoms. The van der Waals surface area contributed by atoms with Gasteiger partial charge >= 0.3 is 0 Å². The number of methoxy groups -OCH3 is 2. The lowest BCUT2D eigenvalue weighted by molar-refractivity contribution is 0.0951. The lowest BCUT2D eigenvalue weighted by atomic mass is 10.1. The van der Waals surface area contributed by atoms with Crippen LogP contribution in [-0.4, -0.2) is 62.3 Å². The number of carbonyl (C=O) groups is 1. The van der Waals surface area contributed by atoms with Crippen molar-refractivity contribution in [1.29, 1.82) is 0 Å². The standard InChI is InChI=1S/C28H33N5O3S/c1-35-18-23-17-26(33-14-12-32(13-15-33)24-8-10-25(36-2)11-9-24)31-28(30-23)37-19-20-4-3-5-21(16-20)27(34)29-22-6-7-22/h3-5,8-11,16-17,22H,6-7,12-15,18-19H2,1-2H3,(H,29,34). The molecule has 194 valence electrons. The molecule has 1 amide bonds. The van der Waals surface area contributed by atoms with E-state index in [4.69, 9.17) is 19.4 Å². The molecule has 1 aliphatic heterocycles. The van der Waals surface area contributed by atoms with Crippen LogP contribution in [0.2, 0.25) is 0 Å². The number of piperazine rings is 1. The molecule has 2 aromatic carbocycles. The summed E-state index contributed by atoms with van der Waals surface area (Å²) in [5, 5.41) is 3.77. The third-order valence-electron chi connectivity index (χ3n) is 6.55. The fraction of sp³-hybridized carbons (Fsp3) is 0.393. The number of ether oxygens (including phenoxy) is 2. The van der Waals surface area contributed by atoms with Crippen LogP contribution in [0, 0.1) is 0 Å². The zero-order chi connectivity index (χ0) is 25.6. The molecule has 0 unspecified atom stereocenters. The highest BCUT2D eigenvalue weighted by molar-refractivity contribution is 7.98. The molecular weight excluding hydrogens is 486 g/mol. The molecule has 0 atom stereocenters. The van der Waals surface area contributed by atoms with E-state index >= 15 is 0 Å². The van der Waals surface area contributed by atoms with Crippen molar-refractivity contribution in [3.05, 3.63) is 71.4 Å². The number of thioether (sulfide) groups is 1. The van der Waals surface area contributed by atoms with Crippen LogP contribution in [0.1, 0.15) is 34.5 Å². The minimum Gasteiger partial charge on any atom is -0.497 e. The second-order valence-corrected chi connectivity index (χ2v) is 10.3. The quantitative estimate of drug-likeness (QED) is 0.316. The van der Waals surface area contributed by atoms with E-state index in [1.165, 1.54) is 5.69 Å². The average molecular weight is 520 g/mol. The van der Waals surface area contributed by atoms with Crippen molar-refractivity contribution in [1.82, 2.24) is 15.3 Å². The van der Waals surface area contributed by atoms with Crippen LogP contribution in [-0.2, 0) is 17.1 Å². The Hall–Kier alpha value is -3.30. The summed E-state index contributed by atoms with van der Waals surface area (Å²) in [6.45, 7) is 4.00. The first-order valence-electron chi connectivity index (χ1n) is 12.6. The molecule has 3 aromatic rings. The topological polar surface area (TPSA) is 79.8 Å². The summed E-state index contributed by atoms with van der Waals surface area (Å²) in [6.07, 6.45) is 2.16. The monoisotopic (exact) mass is 519 g/mol. The van der Waals surface area contributed by atoms with Crippen molar-refractivity contribution in [3.8, 4) is 5.75 Å². The average Bonchev–Trinajstić information content (AvgIpc) is 3.76. The number of nitrogens with zero attached hydrogens (tertiary/aromatic N) is 4. The van der Waals surface area contributed by atoms with Crippen LogP contribution in [0.3, 0.4) is 0 Å². The molecule has 1 saturated heterocycles. The maximum Gasteiger partial charge on any atom is 0.251 e. The Morgan fingerprint density at radius 2 is 1.76 bits per heavy atom. The summed E-state index contributed by atoms with van der Waals surface area (Å²) in [4.78, 5) is 26.7. The molecule has 0 bridgehead atoms. The van der Waals surface area contributed by atoms with Crippen LogP contribution in [0.5, 0.6) is 5.75 Å². The number of amides is 1. The fourth-order valence-electron chi connectivity index (χ4n) is 4.34. The Bertz CT molecular complexity index is 1210. The van der Waals surface area contributed by atoms with E-state index in [0.717, 1.165) is 67.0 Å². The van der Waals surface area contributed by atoms with E-state index in [-0.39, 0.29) is 5.91 Å². The van der Waals surface area contributed by atoms with Gasteiger partial charge in [-0.15, -0.1) is 0 Å². The Morgan fingerprint density at radius 1 is 1.00 bits per heavy atom. The van der Waals surface area contributed by atoms with Gasteiger partial charge in [0.2, 0.25) is 0 Å². The van der Waals surface area contributed by atoms with Gasteiger partial charge in [0, 0.05) is 62.4 Å². The molecule has 37 heavy (non-hydrogen) atoms. The van der Waals surface area contributed by atoms with Crippen molar-refractivity contribution in [2.24, 2.45) is 0 Å². The van der Waals surface area contributed by atoms with Crippen LogP contribution in [0.15, 0.2) is 59.8 Å². The smallest absolute Gasteiger partial charge is 0.251 e. The fourth-order valence-corrected chi connectivity index (χ4v) is 5.16. The molecule has 9 heteroatoms. The lowest BCUT2D eigenvalue weighted by Crippen LogP contribution is -2.46. The normalized spacial score (nSPS) is 15.5. The van der Waals surface area contributed by atoms with Gasteiger partial charge in [-0.2, -0.15) is 0 Å². The first-order valence-corrected chi connectivity index (χ1v) is 13.6. The van der Waals surface area contributed by atoms with Gasteiger partial charge in [0.15, 0.2) is 5.16 Å². The highest BCUT2D eigenvalue weighted by Crippen LogP contribution is 2.26. The Labute approximate surface area is 222 Å². The highest BCUT2D eigenvalue weighted by atomic mass is 32.2. The largest absolute Gasteiger partial charge is 0.497 e. The number of aromatic nitrogens is 2. The van der Waals surface area contributed by atoms with Crippen LogP contribution in [0.25, 0.3) is 0 Å². The molecule has 8 nitrogen and oxygen atoms in total. The van der Waals surface area contributed by atoms with Gasteiger partial charge in [-0.25, -0.2) is 9.97 Å². The predicted molar refractivity (Wildman–Crippen MR) is 147 cm³/mol. The third kappa shape index (κ3) is 6.72. The maximum atomic E-state index is 12.4. The SMILES string of the molecule is COCc1cc(N2CCN(c3ccc(OC)cc3)CC2)nc(SCc2cccc(C(=O)NC3CC3)c2)n1. The zero-order valence-corrected chi connectivity index (χ0v) is 22.2. The summed E-state index contributed by atoms with van der Waals surface area (Å²) in [6, 6.07) is 18.4. The molecule has 5 rings (SSSR count). The van der Waals surface area contributed by atoms with E-state index in [1.807, 2.05) is 42.5 Å². The van der Waals surface area contributed by atoms with E-state index in [9.17, 15) is 4.79 Å². The van der Waals surface area contributed by atoms with Gasteiger partial charge in [-0.3, -0.25) is 4.79 Å². The Balaban J connectivity index is 1.24. The van der Waals surface area contributed by atoms with E-state index in [1.54, 1.807) is 26.0 Å². The maximum absolute atomic E-state index is 12.4. The second-order valence-electron chi connectivity index (χ2n) is 9.34. The highest BCUT2D eigenvalue weighted by Gasteiger charge is 2.24. The molecule has 2 fully saturated rings. The van der Waals surface area contributed by atoms with Crippen molar-refractivity contribution < 1.29 is 14.3 Å². The summed E-state index contributed by atoms with van der Waals surface area (Å²) in [5.74, 6) is 2.48. The van der Waals surface area contributed by atoms with Crippen LogP contribution in [0.4, 0.5) is 11.5 Å². The molecule has 2 heterocycles. The van der Waals surface area contributed by atoms with E-state index in [2.05, 4.69) is 27.2 Å². The van der Waals surface area contributed by atoms with Gasteiger partial charge in [0.1, 0.15) is 11.6 Å². The minimum atomic E-state index is 0.00348. The lowest BCUT2D eigenvalue weighted by Gasteiger charge is -2.37. The number of hydrogen-bond donors (Lipinski definition) is 1. The minimum absolute atomic E-state index is 0.00348. The third-order valence-corrected chi connectivity index (χ3v) is 7.47. The number of carbonyl (C=O) groups excluding carboxylic acids is 1. The first-order chi connectivity index (χ1) is 18.1. The molecule has 1 aromatic heterocycles. The van der Waals surface area contributed by atoms with Gasteiger partial charge in [-0.05, 0) is 54.8 Å². The molecule has 1 saturated carbocycles. The number of hydrogen-bond acceptors (Lipinski definition) is 8. The summed E-state index contributed by atoms with van der Waals surface area (Å²) in [5.41, 5.74) is 3.84. The molecule has 1 N–H and O–H groups in total.